The molecule has 0 amide bonds. The second-order valence-corrected chi connectivity index (χ2v) is 6.41. The van der Waals surface area contributed by atoms with Gasteiger partial charge in [-0.05, 0) is 55.3 Å². The maximum atomic E-state index is 2.33. The predicted molar refractivity (Wildman–Crippen MR) is 64.7 cm³/mol. The highest BCUT2D eigenvalue weighted by Gasteiger charge is 2.53. The lowest BCUT2D eigenvalue weighted by molar-refractivity contribution is 0.178. The van der Waals surface area contributed by atoms with Crippen molar-refractivity contribution in [3.05, 3.63) is 0 Å². The molecule has 15 heavy (non-hydrogen) atoms. The maximum absolute atomic E-state index is 2.33. The van der Waals surface area contributed by atoms with Crippen LogP contribution in [0.1, 0.15) is 64.7 Å². The highest BCUT2D eigenvalue weighted by Crippen LogP contribution is 2.61. The van der Waals surface area contributed by atoms with Crippen LogP contribution in [0.25, 0.3) is 0 Å². The van der Waals surface area contributed by atoms with E-state index in [1.807, 2.05) is 0 Å². The molecule has 3 saturated carbocycles. The second-order valence-electron chi connectivity index (χ2n) is 6.41. The molecule has 2 bridgehead atoms. The van der Waals surface area contributed by atoms with Crippen LogP contribution in [0.2, 0.25) is 0 Å². The average molecular weight is 206 g/mol. The van der Waals surface area contributed by atoms with Gasteiger partial charge in [-0.2, -0.15) is 0 Å². The van der Waals surface area contributed by atoms with Gasteiger partial charge in [0.1, 0.15) is 0 Å². The van der Waals surface area contributed by atoms with Crippen LogP contribution in [-0.4, -0.2) is 0 Å². The fraction of sp³-hybridized carbons (Fsp3) is 1.00. The highest BCUT2D eigenvalue weighted by molar-refractivity contribution is 5.02. The van der Waals surface area contributed by atoms with E-state index in [0.29, 0.717) is 0 Å². The molecule has 3 fully saturated rings. The van der Waals surface area contributed by atoms with E-state index in [9.17, 15) is 0 Å². The topological polar surface area (TPSA) is 0 Å². The average Bonchev–Trinajstić information content (AvgIpc) is 2.89. The Kier molecular flexibility index (Phi) is 2.79. The Bertz CT molecular complexity index is 220. The molecular formula is C15H26. The normalized spacial score (nSPS) is 47.4. The van der Waals surface area contributed by atoms with Crippen LogP contribution in [0.15, 0.2) is 0 Å². The summed E-state index contributed by atoms with van der Waals surface area (Å²) in [5.74, 6) is 5.89. The molecule has 5 unspecified atom stereocenters. The molecule has 0 aliphatic heterocycles. The Morgan fingerprint density at radius 3 is 2.67 bits per heavy atom. The van der Waals surface area contributed by atoms with Crippen molar-refractivity contribution in [2.75, 3.05) is 0 Å². The van der Waals surface area contributed by atoms with Gasteiger partial charge in [0.05, 0.1) is 0 Å². The SMILES string of the molecule is CCCCCC1CC2CC1C1CCCC21. The summed E-state index contributed by atoms with van der Waals surface area (Å²) in [6.45, 7) is 2.33. The smallest absolute Gasteiger partial charge is 0.0352 e. The van der Waals surface area contributed by atoms with Gasteiger partial charge in [-0.15, -0.1) is 0 Å². The second kappa shape index (κ2) is 4.11. The summed E-state index contributed by atoms with van der Waals surface area (Å²) in [6, 6.07) is 0. The molecule has 0 heterocycles. The summed E-state index contributed by atoms with van der Waals surface area (Å²) in [5, 5.41) is 0. The first-order valence-corrected chi connectivity index (χ1v) is 7.40. The largest absolute Gasteiger partial charge is 0.0654 e. The zero-order valence-corrected chi connectivity index (χ0v) is 10.3. The molecule has 0 aromatic rings. The van der Waals surface area contributed by atoms with Gasteiger partial charge in [-0.3, -0.25) is 0 Å². The Balaban J connectivity index is 1.56. The van der Waals surface area contributed by atoms with Crippen LogP contribution in [0.3, 0.4) is 0 Å². The molecule has 0 aromatic carbocycles. The first-order valence-electron chi connectivity index (χ1n) is 7.40. The van der Waals surface area contributed by atoms with E-state index in [0.717, 1.165) is 5.92 Å². The maximum Gasteiger partial charge on any atom is -0.0352 e. The molecule has 5 atom stereocenters. The minimum atomic E-state index is 1.15. The zero-order chi connectivity index (χ0) is 10.3. The van der Waals surface area contributed by atoms with Crippen molar-refractivity contribution in [1.82, 2.24) is 0 Å². The molecule has 0 nitrogen and oxygen atoms in total. The standard InChI is InChI=1S/C15H26/c1-2-3-4-6-11-9-12-10-15(11)14-8-5-7-13(12)14/h11-15H,2-10H2,1H3. The Labute approximate surface area is 94.8 Å². The number of hydrogen-bond acceptors (Lipinski definition) is 0. The van der Waals surface area contributed by atoms with E-state index in [1.165, 1.54) is 42.9 Å². The van der Waals surface area contributed by atoms with Crippen LogP contribution in [0, 0.1) is 29.6 Å². The van der Waals surface area contributed by atoms with Gasteiger partial charge in [0.25, 0.3) is 0 Å². The van der Waals surface area contributed by atoms with E-state index < -0.39 is 0 Å². The van der Waals surface area contributed by atoms with Crippen molar-refractivity contribution in [3.8, 4) is 0 Å². The van der Waals surface area contributed by atoms with Crippen molar-refractivity contribution in [3.63, 3.8) is 0 Å². The molecular weight excluding hydrogens is 180 g/mol. The van der Waals surface area contributed by atoms with E-state index in [-0.39, 0.29) is 0 Å². The lowest BCUT2D eigenvalue weighted by atomic mass is 9.74. The van der Waals surface area contributed by atoms with Crippen molar-refractivity contribution in [1.29, 1.82) is 0 Å². The van der Waals surface area contributed by atoms with Gasteiger partial charge in [-0.25, -0.2) is 0 Å². The van der Waals surface area contributed by atoms with Crippen molar-refractivity contribution < 1.29 is 0 Å². The Hall–Kier alpha value is 0. The minimum absolute atomic E-state index is 1.15. The molecule has 0 N–H and O–H groups in total. The summed E-state index contributed by atoms with van der Waals surface area (Å²) < 4.78 is 0. The quantitative estimate of drug-likeness (QED) is 0.588. The Morgan fingerprint density at radius 1 is 0.933 bits per heavy atom. The summed E-state index contributed by atoms with van der Waals surface area (Å²) in [5.41, 5.74) is 0. The molecule has 3 aliphatic rings. The number of fused-ring (bicyclic) bond motifs is 5. The van der Waals surface area contributed by atoms with E-state index in [1.54, 1.807) is 38.5 Å². The molecule has 0 saturated heterocycles. The molecule has 0 radical (unpaired) electrons. The van der Waals surface area contributed by atoms with Gasteiger partial charge in [0.15, 0.2) is 0 Å². The molecule has 0 heteroatoms. The van der Waals surface area contributed by atoms with Crippen molar-refractivity contribution >= 4 is 0 Å². The first-order chi connectivity index (χ1) is 7.40. The van der Waals surface area contributed by atoms with E-state index in [2.05, 4.69) is 6.92 Å². The van der Waals surface area contributed by atoms with E-state index >= 15 is 0 Å². The number of unbranched alkanes of at least 4 members (excludes halogenated alkanes) is 2. The summed E-state index contributed by atoms with van der Waals surface area (Å²) in [4.78, 5) is 0. The summed E-state index contributed by atoms with van der Waals surface area (Å²) in [7, 11) is 0. The van der Waals surface area contributed by atoms with Crippen LogP contribution in [0.4, 0.5) is 0 Å². The molecule has 3 rings (SSSR count). The third-order valence-corrected chi connectivity index (χ3v) is 5.74. The molecule has 3 aliphatic carbocycles. The predicted octanol–water partition coefficient (Wildman–Crippen LogP) is 4.64. The Morgan fingerprint density at radius 2 is 1.80 bits per heavy atom. The monoisotopic (exact) mass is 206 g/mol. The first kappa shape index (κ1) is 10.2. The lowest BCUT2D eigenvalue weighted by Gasteiger charge is -2.31. The number of hydrogen-bond donors (Lipinski definition) is 0. The van der Waals surface area contributed by atoms with Gasteiger partial charge >= 0.3 is 0 Å². The van der Waals surface area contributed by atoms with Gasteiger partial charge in [0.2, 0.25) is 0 Å². The van der Waals surface area contributed by atoms with Crippen molar-refractivity contribution in [2.45, 2.75) is 64.7 Å². The van der Waals surface area contributed by atoms with Crippen LogP contribution in [0.5, 0.6) is 0 Å². The highest BCUT2D eigenvalue weighted by atomic mass is 14.6. The molecule has 0 aromatic heterocycles. The summed E-state index contributed by atoms with van der Waals surface area (Å²) in [6.07, 6.45) is 13.9. The van der Waals surface area contributed by atoms with Crippen molar-refractivity contribution in [2.24, 2.45) is 29.6 Å². The molecule has 86 valence electrons. The van der Waals surface area contributed by atoms with Gasteiger partial charge < -0.3 is 0 Å². The molecule has 0 spiro atoms. The van der Waals surface area contributed by atoms with Gasteiger partial charge in [0, 0.05) is 0 Å². The van der Waals surface area contributed by atoms with Crippen LogP contribution >= 0.6 is 0 Å². The van der Waals surface area contributed by atoms with Crippen LogP contribution in [-0.2, 0) is 0 Å². The summed E-state index contributed by atoms with van der Waals surface area (Å²) >= 11 is 0. The van der Waals surface area contributed by atoms with Gasteiger partial charge in [-0.1, -0.05) is 39.0 Å². The third kappa shape index (κ3) is 1.65. The third-order valence-electron chi connectivity index (χ3n) is 5.74. The minimum Gasteiger partial charge on any atom is -0.0654 e. The fourth-order valence-corrected chi connectivity index (χ4v) is 5.20. The van der Waals surface area contributed by atoms with Crippen LogP contribution < -0.4 is 0 Å². The number of rotatable bonds is 4. The fourth-order valence-electron chi connectivity index (χ4n) is 5.20. The van der Waals surface area contributed by atoms with E-state index in [4.69, 9.17) is 0 Å². The zero-order valence-electron chi connectivity index (χ0n) is 10.3. The lowest BCUT2D eigenvalue weighted by Crippen LogP contribution is -2.24.